The van der Waals surface area contributed by atoms with E-state index in [-0.39, 0.29) is 56.6 Å². The van der Waals surface area contributed by atoms with E-state index in [4.69, 9.17) is 28.7 Å². The average Bonchev–Trinajstić information content (AvgIpc) is 3.40. The molecule has 2 rings (SSSR count). The molecule has 45 heavy (non-hydrogen) atoms. The SMILES string of the molecule is CCC(C)C(NC(=O)C(N)Cc1c[nH]c2ccccc12)C(=O)NC(CCCN=C(N)N)C(=O)NC(CCCN=C(N)N)C(=O)O. The van der Waals surface area contributed by atoms with Crippen LogP contribution in [0, 0.1) is 5.92 Å². The molecule has 1 heterocycles. The summed E-state index contributed by atoms with van der Waals surface area (Å²) in [6, 6.07) is 3.28. The van der Waals surface area contributed by atoms with Crippen molar-refractivity contribution >= 4 is 46.5 Å². The van der Waals surface area contributed by atoms with Crippen LogP contribution in [0.25, 0.3) is 10.9 Å². The lowest BCUT2D eigenvalue weighted by molar-refractivity contribution is -0.142. The zero-order valence-corrected chi connectivity index (χ0v) is 25.8. The van der Waals surface area contributed by atoms with Gasteiger partial charge in [-0.25, -0.2) is 4.79 Å². The molecule has 248 valence electrons. The normalized spacial score (nSPS) is 14.3. The minimum absolute atomic E-state index is 0.0480. The Morgan fingerprint density at radius 3 is 2.02 bits per heavy atom. The van der Waals surface area contributed by atoms with Crippen LogP contribution < -0.4 is 44.6 Å². The Morgan fingerprint density at radius 2 is 1.44 bits per heavy atom. The number of aromatic nitrogens is 1. The van der Waals surface area contributed by atoms with Gasteiger partial charge in [0.15, 0.2) is 11.9 Å². The van der Waals surface area contributed by atoms with Gasteiger partial charge in [-0.3, -0.25) is 24.4 Å². The van der Waals surface area contributed by atoms with Crippen molar-refractivity contribution < 1.29 is 24.3 Å². The molecule has 1 aromatic heterocycles. The fraction of sp³-hybridized carbons (Fsp3) is 0.517. The van der Waals surface area contributed by atoms with Crippen molar-refractivity contribution in [3.8, 4) is 0 Å². The number of hydrogen-bond acceptors (Lipinski definition) is 7. The number of aliphatic carboxylic acids is 1. The second-order valence-corrected chi connectivity index (χ2v) is 10.9. The van der Waals surface area contributed by atoms with Crippen LogP contribution in [-0.4, -0.2) is 83.0 Å². The zero-order chi connectivity index (χ0) is 33.5. The lowest BCUT2D eigenvalue weighted by atomic mass is 9.96. The number of aliphatic imine (C=N–C) groups is 2. The highest BCUT2D eigenvalue weighted by atomic mass is 16.4. The van der Waals surface area contributed by atoms with E-state index < -0.39 is 47.9 Å². The number of nitrogens with one attached hydrogen (secondary N) is 4. The number of nitrogens with two attached hydrogens (primary N) is 5. The van der Waals surface area contributed by atoms with Crippen LogP contribution in [0.3, 0.4) is 0 Å². The van der Waals surface area contributed by atoms with Crippen molar-refractivity contribution in [1.29, 1.82) is 0 Å². The molecule has 0 fully saturated rings. The lowest BCUT2D eigenvalue weighted by Crippen LogP contribution is -2.58. The molecule has 15 N–H and O–H groups in total. The molecule has 2 aromatic rings. The summed E-state index contributed by atoms with van der Waals surface area (Å²) < 4.78 is 0. The highest BCUT2D eigenvalue weighted by Gasteiger charge is 2.32. The van der Waals surface area contributed by atoms with Crippen LogP contribution in [0.1, 0.15) is 51.5 Å². The smallest absolute Gasteiger partial charge is 0.326 e. The Kier molecular flexibility index (Phi) is 14.6. The highest BCUT2D eigenvalue weighted by Crippen LogP contribution is 2.19. The monoisotopic (exact) mass is 629 g/mol. The average molecular weight is 630 g/mol. The molecule has 0 saturated carbocycles. The van der Waals surface area contributed by atoms with E-state index in [1.54, 1.807) is 13.1 Å². The fourth-order valence-electron chi connectivity index (χ4n) is 4.66. The largest absolute Gasteiger partial charge is 0.480 e. The first-order chi connectivity index (χ1) is 21.3. The van der Waals surface area contributed by atoms with Crippen molar-refractivity contribution in [3.63, 3.8) is 0 Å². The first-order valence-electron chi connectivity index (χ1n) is 14.9. The number of para-hydroxylation sites is 1. The van der Waals surface area contributed by atoms with Crippen LogP contribution in [0.2, 0.25) is 0 Å². The first-order valence-corrected chi connectivity index (χ1v) is 14.9. The summed E-state index contributed by atoms with van der Waals surface area (Å²) in [5, 5.41) is 18.5. The predicted octanol–water partition coefficient (Wildman–Crippen LogP) is -1.27. The number of rotatable bonds is 19. The van der Waals surface area contributed by atoms with Gasteiger partial charge in [0.1, 0.15) is 18.1 Å². The van der Waals surface area contributed by atoms with E-state index in [0.717, 1.165) is 16.5 Å². The van der Waals surface area contributed by atoms with Gasteiger partial charge in [-0.1, -0.05) is 38.5 Å². The van der Waals surface area contributed by atoms with Crippen molar-refractivity contribution in [2.24, 2.45) is 44.6 Å². The standard InChI is InChI=1S/C29H47N11O5/c1-3-16(2)23(40-24(41)19(30)14-17-15-37-20-9-5-4-8-18(17)20)26(43)38-21(10-6-12-35-28(31)32)25(42)39-22(27(44)45)11-7-13-36-29(33)34/h4-5,8-9,15-16,19,21-23,37H,3,6-7,10-14,30H2,1-2H3,(H,38,43)(H,39,42)(H,40,41)(H,44,45)(H4,31,32,35)(H4,33,34,36). The molecule has 0 spiro atoms. The van der Waals surface area contributed by atoms with E-state index in [0.29, 0.717) is 12.8 Å². The molecule has 0 aliphatic heterocycles. The number of carboxylic acids is 1. The van der Waals surface area contributed by atoms with Gasteiger partial charge in [0.2, 0.25) is 17.7 Å². The molecule has 0 bridgehead atoms. The molecule has 0 aliphatic rings. The highest BCUT2D eigenvalue weighted by molar-refractivity contribution is 5.94. The number of H-pyrrole nitrogens is 1. The number of fused-ring (bicyclic) bond motifs is 1. The van der Waals surface area contributed by atoms with Gasteiger partial charge in [-0.15, -0.1) is 0 Å². The zero-order valence-electron chi connectivity index (χ0n) is 25.8. The first kappa shape index (κ1) is 36.3. The van der Waals surface area contributed by atoms with Crippen molar-refractivity contribution in [3.05, 3.63) is 36.0 Å². The summed E-state index contributed by atoms with van der Waals surface area (Å²) >= 11 is 0. The van der Waals surface area contributed by atoms with Crippen molar-refractivity contribution in [2.75, 3.05) is 13.1 Å². The third-order valence-electron chi connectivity index (χ3n) is 7.38. The molecule has 3 amide bonds. The van der Waals surface area contributed by atoms with Gasteiger partial charge in [-0.2, -0.15) is 0 Å². The third-order valence-corrected chi connectivity index (χ3v) is 7.38. The summed E-state index contributed by atoms with van der Waals surface area (Å²) in [6.45, 7) is 4.01. The fourth-order valence-corrected chi connectivity index (χ4v) is 4.66. The van der Waals surface area contributed by atoms with E-state index in [1.165, 1.54) is 0 Å². The maximum absolute atomic E-state index is 13.6. The Morgan fingerprint density at radius 1 is 0.867 bits per heavy atom. The Bertz CT molecular complexity index is 1350. The van der Waals surface area contributed by atoms with Crippen LogP contribution in [0.15, 0.2) is 40.4 Å². The van der Waals surface area contributed by atoms with Crippen LogP contribution in [-0.2, 0) is 25.6 Å². The molecule has 1 aromatic carbocycles. The number of aromatic amines is 1. The summed E-state index contributed by atoms with van der Waals surface area (Å²) in [5.41, 5.74) is 29.4. The molecule has 16 heteroatoms. The van der Waals surface area contributed by atoms with Gasteiger partial charge in [0.25, 0.3) is 0 Å². The molecule has 16 nitrogen and oxygen atoms in total. The number of benzene rings is 1. The van der Waals surface area contributed by atoms with E-state index >= 15 is 0 Å². The second-order valence-electron chi connectivity index (χ2n) is 10.9. The van der Waals surface area contributed by atoms with Crippen LogP contribution in [0.4, 0.5) is 0 Å². The third kappa shape index (κ3) is 12.0. The summed E-state index contributed by atoms with van der Waals surface area (Å²) in [7, 11) is 0. The summed E-state index contributed by atoms with van der Waals surface area (Å²) in [6.07, 6.45) is 3.30. The maximum Gasteiger partial charge on any atom is 0.326 e. The Labute approximate surface area is 262 Å². The Balaban J connectivity index is 2.16. The number of carbonyl (C=O) groups excluding carboxylic acids is 3. The molecular formula is C29H47N11O5. The summed E-state index contributed by atoms with van der Waals surface area (Å²) in [5.74, 6) is -3.69. The van der Waals surface area contributed by atoms with Gasteiger partial charge in [-0.05, 0) is 49.7 Å². The maximum atomic E-state index is 13.6. The minimum Gasteiger partial charge on any atom is -0.480 e. The molecule has 0 saturated heterocycles. The van der Waals surface area contributed by atoms with Crippen LogP contribution >= 0.6 is 0 Å². The molecule has 5 unspecified atom stereocenters. The molecule has 5 atom stereocenters. The predicted molar refractivity (Wildman–Crippen MR) is 173 cm³/mol. The number of amides is 3. The summed E-state index contributed by atoms with van der Waals surface area (Å²) in [4.78, 5) is 62.8. The molecule has 0 radical (unpaired) electrons. The van der Waals surface area contributed by atoms with Crippen molar-refractivity contribution in [2.45, 2.75) is 76.5 Å². The van der Waals surface area contributed by atoms with Gasteiger partial charge < -0.3 is 54.7 Å². The van der Waals surface area contributed by atoms with Gasteiger partial charge in [0, 0.05) is 30.2 Å². The number of nitrogens with zero attached hydrogens (tertiary/aromatic N) is 2. The number of guanidine groups is 2. The van der Waals surface area contributed by atoms with Gasteiger partial charge >= 0.3 is 5.97 Å². The molecular weight excluding hydrogens is 582 g/mol. The lowest BCUT2D eigenvalue weighted by Gasteiger charge is -2.28. The number of hydrogen-bond donors (Lipinski definition) is 10. The number of carboxylic acid groups (broad SMARTS) is 1. The van der Waals surface area contributed by atoms with E-state index in [1.807, 2.05) is 31.2 Å². The van der Waals surface area contributed by atoms with Crippen molar-refractivity contribution in [1.82, 2.24) is 20.9 Å². The minimum atomic E-state index is -1.26. The molecule has 0 aliphatic carbocycles. The number of carbonyl (C=O) groups is 4. The van der Waals surface area contributed by atoms with E-state index in [2.05, 4.69) is 30.9 Å². The van der Waals surface area contributed by atoms with Crippen LogP contribution in [0.5, 0.6) is 0 Å². The second kappa shape index (κ2) is 18.1. The van der Waals surface area contributed by atoms with E-state index in [9.17, 15) is 24.3 Å². The Hall–Kier alpha value is -4.86. The quantitative estimate of drug-likeness (QED) is 0.0499. The topological polar surface area (TPSA) is 295 Å². The van der Waals surface area contributed by atoms with Gasteiger partial charge in [0.05, 0.1) is 6.04 Å².